The fourth-order valence-electron chi connectivity index (χ4n) is 6.21. The zero-order chi connectivity index (χ0) is 48.6. The van der Waals surface area contributed by atoms with E-state index in [1.165, 1.54) is 19.9 Å². The maximum atomic E-state index is 12.9. The minimum Gasteiger partial charge on any atom is -0.481 e. The van der Waals surface area contributed by atoms with Gasteiger partial charge in [0.05, 0.1) is 26.0 Å². The zero-order valence-corrected chi connectivity index (χ0v) is 38.3. The number of aliphatic carboxylic acids is 1. The Morgan fingerprint density at radius 3 is 2.38 bits per heavy atom. The molecule has 0 saturated carbocycles. The van der Waals surface area contributed by atoms with Crippen molar-refractivity contribution in [1.29, 1.82) is 0 Å². The van der Waals surface area contributed by atoms with Crippen LogP contribution in [0.1, 0.15) is 38.5 Å². The van der Waals surface area contributed by atoms with Crippen LogP contribution in [-0.2, 0) is 55.5 Å². The molecule has 3 heterocycles. The van der Waals surface area contributed by atoms with E-state index >= 15 is 0 Å². The van der Waals surface area contributed by atoms with Crippen LogP contribution in [0.3, 0.4) is 0 Å². The number of nitrogen functional groups attached to an aromatic ring is 1. The van der Waals surface area contributed by atoms with Crippen LogP contribution < -0.4 is 16.4 Å². The highest BCUT2D eigenvalue weighted by Crippen LogP contribution is 2.61. The molecule has 26 nitrogen and oxygen atoms in total. The number of aromatic nitrogens is 4. The van der Waals surface area contributed by atoms with Crippen LogP contribution in [0.25, 0.3) is 28.0 Å². The van der Waals surface area contributed by atoms with E-state index in [0.717, 1.165) is 39.8 Å². The molecule has 1 aliphatic rings. The third-order valence-corrected chi connectivity index (χ3v) is 13.5. The van der Waals surface area contributed by atoms with E-state index in [2.05, 4.69) is 34.4 Å². The average Bonchev–Trinajstić information content (AvgIpc) is 3.79. The summed E-state index contributed by atoms with van der Waals surface area (Å²) in [5, 5.41) is 37.2. The maximum Gasteiger partial charge on any atom is 0.481 e. The van der Waals surface area contributed by atoms with Gasteiger partial charge in [-0.05, 0) is 28.5 Å². The molecular formula is C36H46N7O19P3S. The SMILES string of the molecule is CC(C)(COP(=O)(O)OP(=O)(O)OC[C@H]1O[C@@H](n2cnc3c(N)ncnc32)[C@H](O)[C@@H]1OP(=O)(O)O)[C@@H](O)C(=O)NCCC(=O)NCCSC(=O)/C(=C\c1ccc2ccccc2c1)CC(=O)O. The van der Waals surface area contributed by atoms with Gasteiger partial charge in [-0.1, -0.05) is 62.0 Å². The summed E-state index contributed by atoms with van der Waals surface area (Å²) in [5.74, 6) is -2.72. The first-order chi connectivity index (χ1) is 30.8. The highest BCUT2D eigenvalue weighted by atomic mass is 32.2. The lowest BCUT2D eigenvalue weighted by Crippen LogP contribution is -2.46. The van der Waals surface area contributed by atoms with E-state index in [-0.39, 0.29) is 47.8 Å². The number of benzene rings is 2. The molecule has 0 spiro atoms. The van der Waals surface area contributed by atoms with Gasteiger partial charge in [-0.15, -0.1) is 0 Å². The van der Waals surface area contributed by atoms with Gasteiger partial charge in [0.1, 0.15) is 36.3 Å². The fraction of sp³-hybridized carbons (Fsp3) is 0.417. The van der Waals surface area contributed by atoms with E-state index in [9.17, 15) is 67.8 Å². The van der Waals surface area contributed by atoms with Gasteiger partial charge >= 0.3 is 29.4 Å². The number of phosphoric acid groups is 3. The van der Waals surface area contributed by atoms with Crippen LogP contribution in [0, 0.1) is 5.41 Å². The molecule has 30 heteroatoms. The Kier molecular flexibility index (Phi) is 17.5. The predicted molar refractivity (Wildman–Crippen MR) is 231 cm³/mol. The summed E-state index contributed by atoms with van der Waals surface area (Å²) in [4.78, 5) is 101. The van der Waals surface area contributed by atoms with E-state index < -0.39 is 102 Å². The molecule has 1 aliphatic heterocycles. The van der Waals surface area contributed by atoms with Crippen molar-refractivity contribution in [1.82, 2.24) is 30.2 Å². The first-order valence-corrected chi connectivity index (χ1v) is 24.8. The number of rotatable bonds is 23. The third-order valence-electron chi connectivity index (χ3n) is 9.45. The number of carboxylic acid groups (broad SMARTS) is 1. The zero-order valence-electron chi connectivity index (χ0n) is 34.8. The molecule has 2 aromatic heterocycles. The monoisotopic (exact) mass is 1010 g/mol. The number of aliphatic hydroxyl groups is 2. The van der Waals surface area contributed by atoms with Crippen molar-refractivity contribution >= 4 is 92.0 Å². The fourth-order valence-corrected chi connectivity index (χ4v) is 9.75. The number of nitrogens with one attached hydrogen (secondary N) is 2. The summed E-state index contributed by atoms with van der Waals surface area (Å²) in [5.41, 5.74) is 4.89. The second kappa shape index (κ2) is 22.1. The van der Waals surface area contributed by atoms with E-state index in [0.29, 0.717) is 5.56 Å². The number of ether oxygens (including phenoxy) is 1. The van der Waals surface area contributed by atoms with Gasteiger partial charge in [0.2, 0.25) is 16.9 Å². The Morgan fingerprint density at radius 1 is 0.985 bits per heavy atom. The van der Waals surface area contributed by atoms with Crippen molar-refractivity contribution < 1.29 is 90.4 Å². The number of imidazole rings is 1. The van der Waals surface area contributed by atoms with Crippen LogP contribution in [0.2, 0.25) is 0 Å². The quantitative estimate of drug-likeness (QED) is 0.0285. The first-order valence-electron chi connectivity index (χ1n) is 19.3. The normalized spacial score (nSPS) is 20.4. The number of hydrogen-bond donors (Lipinski definition) is 10. The van der Waals surface area contributed by atoms with Crippen molar-refractivity contribution in [3.63, 3.8) is 0 Å². The van der Waals surface area contributed by atoms with Crippen LogP contribution in [0.15, 0.2) is 60.7 Å². The molecule has 2 amide bonds. The summed E-state index contributed by atoms with van der Waals surface area (Å²) < 4.78 is 62.4. The Hall–Kier alpha value is -4.53. The van der Waals surface area contributed by atoms with Gasteiger partial charge in [0.25, 0.3) is 0 Å². The van der Waals surface area contributed by atoms with Crippen molar-refractivity contribution in [2.45, 2.75) is 57.3 Å². The van der Waals surface area contributed by atoms with E-state index in [1.807, 2.05) is 36.4 Å². The number of carbonyl (C=O) groups excluding carboxylic acids is 3. The number of anilines is 1. The highest BCUT2D eigenvalue weighted by Gasteiger charge is 2.50. The summed E-state index contributed by atoms with van der Waals surface area (Å²) in [6.07, 6.45) is -6.19. The number of nitrogens with two attached hydrogens (primary N) is 1. The molecule has 1 fully saturated rings. The average molecular weight is 1010 g/mol. The van der Waals surface area contributed by atoms with Crippen molar-refractivity contribution in [3.8, 4) is 0 Å². The molecule has 5 rings (SSSR count). The summed E-state index contributed by atoms with van der Waals surface area (Å²) in [7, 11) is -16.5. The molecule has 0 aliphatic carbocycles. The predicted octanol–water partition coefficient (Wildman–Crippen LogP) is 1.38. The molecule has 360 valence electrons. The Morgan fingerprint density at radius 2 is 1.68 bits per heavy atom. The number of fused-ring (bicyclic) bond motifs is 2. The molecule has 0 bridgehead atoms. The number of aliphatic hydroxyl groups excluding tert-OH is 2. The van der Waals surface area contributed by atoms with Crippen LogP contribution >= 0.6 is 35.2 Å². The topological polar surface area (TPSA) is 401 Å². The van der Waals surface area contributed by atoms with Gasteiger partial charge in [0, 0.05) is 36.3 Å². The van der Waals surface area contributed by atoms with Gasteiger partial charge in [-0.2, -0.15) is 4.31 Å². The summed E-state index contributed by atoms with van der Waals surface area (Å²) in [6.45, 7) is 0.0995. The molecule has 0 radical (unpaired) electrons. The Bertz CT molecular complexity index is 2610. The molecule has 2 unspecified atom stereocenters. The minimum atomic E-state index is -5.61. The standard InChI is InChI=1S/C36H46N7O19P3S/c1-36(2,30(48)33(49)39-10-9-25(44)38-11-12-66-35(50)23(15-26(45)46)14-20-7-8-21-5-3-4-6-22(21)13-20)17-59-65(56,57)62-64(54,55)58-16-24-29(61-63(51,52)53)28(47)34(60-24)43-19-42-27-31(37)40-18-41-32(27)43/h3-8,13-14,18-19,24,28-30,34,47-48H,9-12,15-17H2,1-2H3,(H,38,44)(H,39,49)(H,45,46)(H,54,55)(H,56,57)(H2,37,40,41)(H2,51,52,53)/b23-14-/t24-,28-,29-,30+,34-/m1/s1. The first kappa shape index (κ1) is 52.4. The molecule has 66 heavy (non-hydrogen) atoms. The minimum absolute atomic E-state index is 0.0153. The van der Waals surface area contributed by atoms with Gasteiger partial charge < -0.3 is 56.0 Å². The van der Waals surface area contributed by atoms with Crippen molar-refractivity contribution in [2.75, 3.05) is 37.8 Å². The smallest absolute Gasteiger partial charge is 0.481 e. The molecule has 2 aromatic carbocycles. The van der Waals surface area contributed by atoms with Gasteiger partial charge in [-0.3, -0.25) is 37.3 Å². The second-order valence-electron chi connectivity index (χ2n) is 15.1. The van der Waals surface area contributed by atoms with Crippen LogP contribution in [-0.4, -0.2) is 134 Å². The molecule has 11 N–H and O–H groups in total. The number of phosphoric ester groups is 3. The lowest BCUT2D eigenvalue weighted by Gasteiger charge is -2.30. The largest absolute Gasteiger partial charge is 0.481 e. The maximum absolute atomic E-state index is 12.9. The molecule has 7 atom stereocenters. The number of hydrogen-bond acceptors (Lipinski definition) is 19. The third kappa shape index (κ3) is 14.7. The van der Waals surface area contributed by atoms with E-state index in [1.54, 1.807) is 6.07 Å². The molecule has 4 aromatic rings. The lowest BCUT2D eigenvalue weighted by molar-refractivity contribution is -0.137. The van der Waals surface area contributed by atoms with Crippen molar-refractivity contribution in [2.24, 2.45) is 5.41 Å². The van der Waals surface area contributed by atoms with Gasteiger partial charge in [0.15, 0.2) is 17.7 Å². The summed E-state index contributed by atoms with van der Waals surface area (Å²) >= 11 is 0.812. The number of thioether (sulfide) groups is 1. The number of nitrogens with zero attached hydrogens (tertiary/aromatic N) is 4. The number of carboxylic acids is 1. The van der Waals surface area contributed by atoms with E-state index in [4.69, 9.17) is 19.5 Å². The second-order valence-corrected chi connectivity index (χ2v) is 20.4. The molecular weight excluding hydrogens is 959 g/mol. The number of amides is 2. The lowest BCUT2D eigenvalue weighted by atomic mass is 9.87. The van der Waals surface area contributed by atoms with Crippen molar-refractivity contribution in [3.05, 3.63) is 66.3 Å². The Labute approximate surface area is 378 Å². The Balaban J connectivity index is 1.04. The molecule has 1 saturated heterocycles. The summed E-state index contributed by atoms with van der Waals surface area (Å²) in [6, 6.07) is 13.0. The van der Waals surface area contributed by atoms with Crippen LogP contribution in [0.4, 0.5) is 5.82 Å². The number of carbonyl (C=O) groups is 4. The van der Waals surface area contributed by atoms with Gasteiger partial charge in [-0.25, -0.2) is 28.6 Å². The van der Waals surface area contributed by atoms with Crippen LogP contribution in [0.5, 0.6) is 0 Å². The highest BCUT2D eigenvalue weighted by molar-refractivity contribution is 8.14.